The van der Waals surface area contributed by atoms with Crippen LogP contribution >= 0.6 is 0 Å². The number of hydrogen-bond acceptors (Lipinski definition) is 4. The third kappa shape index (κ3) is 60.7. The van der Waals surface area contributed by atoms with Crippen LogP contribution in [0.5, 0.6) is 0 Å². The van der Waals surface area contributed by atoms with Crippen molar-refractivity contribution in [1.29, 1.82) is 0 Å². The first-order chi connectivity index (χ1) is 3.83. The maximum Gasteiger partial charge on any atom is 2.00 e. The van der Waals surface area contributed by atoms with Crippen molar-refractivity contribution in [3.05, 3.63) is 13.1 Å². The molecule has 0 aliphatic carbocycles. The second-order valence-electron chi connectivity index (χ2n) is 0.943. The molecule has 5 heteroatoms. The fourth-order valence-electron chi connectivity index (χ4n) is 0. The molecule has 8 N–H and O–H groups in total. The number of rotatable bonds is 2. The molecule has 0 rings (SSSR count). The fourth-order valence-corrected chi connectivity index (χ4v) is 0. The zero-order valence-electron chi connectivity index (χ0n) is 5.18. The first kappa shape index (κ1) is 16.2. The van der Waals surface area contributed by atoms with Crippen molar-refractivity contribution in [3.8, 4) is 0 Å². The number of nitrogens with two attached hydrogens (primary N) is 4. The van der Waals surface area contributed by atoms with Crippen molar-refractivity contribution in [2.75, 3.05) is 13.1 Å². The molecule has 0 aliphatic rings. The smallest absolute Gasteiger partial charge is 0.482 e. The summed E-state index contributed by atoms with van der Waals surface area (Å²) >= 11 is 0. The summed E-state index contributed by atoms with van der Waals surface area (Å²) in [5.41, 5.74) is 19.2. The van der Waals surface area contributed by atoms with Gasteiger partial charge >= 0.3 is 17.1 Å². The zero-order chi connectivity index (χ0) is 6.83. The second kappa shape index (κ2) is 23.8. The third-order valence-corrected chi connectivity index (χ3v) is 0.272. The van der Waals surface area contributed by atoms with Crippen LogP contribution in [0.3, 0.4) is 0 Å². The Morgan fingerprint density at radius 2 is 1.00 bits per heavy atom. The Labute approximate surface area is 66.8 Å². The van der Waals surface area contributed by atoms with Crippen molar-refractivity contribution in [2.24, 2.45) is 22.9 Å². The van der Waals surface area contributed by atoms with Gasteiger partial charge in [-0.05, 0) is 0 Å². The van der Waals surface area contributed by atoms with Gasteiger partial charge in [0.25, 0.3) is 0 Å². The molecule has 0 fully saturated rings. The molecule has 0 aliphatic heterocycles. The molecule has 0 saturated heterocycles. The minimum atomic E-state index is 0. The van der Waals surface area contributed by atoms with E-state index in [4.69, 9.17) is 22.9 Å². The van der Waals surface area contributed by atoms with Crippen LogP contribution < -0.4 is 22.9 Å². The molecule has 0 unspecified atom stereocenters. The summed E-state index contributed by atoms with van der Waals surface area (Å²) in [6.07, 6.45) is 0. The molecule has 0 atom stereocenters. The fraction of sp³-hybridized carbons (Fsp3) is 0.500. The van der Waals surface area contributed by atoms with Crippen molar-refractivity contribution in [1.82, 2.24) is 0 Å². The predicted octanol–water partition coefficient (Wildman–Crippen LogP) is -1.87. The average molecular weight is 182 g/mol. The molecule has 0 heterocycles. The molecule has 0 amide bonds. The Hall–Kier alpha value is 0.359. The van der Waals surface area contributed by atoms with Crippen LogP contribution in [-0.2, 0) is 17.1 Å². The van der Waals surface area contributed by atoms with Gasteiger partial charge in [0.15, 0.2) is 0 Å². The molecule has 1 radical (unpaired) electrons. The summed E-state index contributed by atoms with van der Waals surface area (Å²) in [6, 6.07) is 0. The molecular formula is C4H14CuN4. The van der Waals surface area contributed by atoms with E-state index in [1.54, 1.807) is 0 Å². The molecule has 0 saturated carbocycles. The van der Waals surface area contributed by atoms with Crippen LogP contribution in [0.4, 0.5) is 0 Å². The van der Waals surface area contributed by atoms with Gasteiger partial charge in [-0.2, -0.15) is 0 Å². The SMILES string of the molecule is N[CH-]CN.N[CH-]CN.[Cu+2]. The molecular weight excluding hydrogens is 168 g/mol. The maximum atomic E-state index is 4.85. The Kier molecular flexibility index (Phi) is 42.8. The maximum absolute atomic E-state index is 4.85. The first-order valence-electron chi connectivity index (χ1n) is 2.30. The minimum Gasteiger partial charge on any atom is -0.482 e. The monoisotopic (exact) mass is 181 g/mol. The molecule has 9 heavy (non-hydrogen) atoms. The first-order valence-corrected chi connectivity index (χ1v) is 2.30. The summed E-state index contributed by atoms with van der Waals surface area (Å²) in [5.74, 6) is 0. The van der Waals surface area contributed by atoms with E-state index in [2.05, 4.69) is 0 Å². The van der Waals surface area contributed by atoms with Crippen LogP contribution in [0.2, 0.25) is 0 Å². The summed E-state index contributed by atoms with van der Waals surface area (Å²) in [6.45, 7) is 3.75. The largest absolute Gasteiger partial charge is 2.00 e. The van der Waals surface area contributed by atoms with Gasteiger partial charge in [0, 0.05) is 0 Å². The molecule has 4 nitrogen and oxygen atoms in total. The van der Waals surface area contributed by atoms with Gasteiger partial charge in [-0.15, -0.1) is 13.1 Å². The van der Waals surface area contributed by atoms with Crippen molar-refractivity contribution in [2.45, 2.75) is 0 Å². The third-order valence-electron chi connectivity index (χ3n) is 0.272. The second-order valence-corrected chi connectivity index (χ2v) is 0.943. The molecule has 0 aromatic heterocycles. The van der Waals surface area contributed by atoms with Gasteiger partial charge in [0.05, 0.1) is 0 Å². The quantitative estimate of drug-likeness (QED) is 0.296. The van der Waals surface area contributed by atoms with E-state index in [1.807, 2.05) is 0 Å². The Morgan fingerprint density at radius 3 is 1.00 bits per heavy atom. The van der Waals surface area contributed by atoms with Crippen molar-refractivity contribution in [3.63, 3.8) is 0 Å². The molecule has 0 aromatic rings. The van der Waals surface area contributed by atoms with Crippen LogP contribution in [0, 0.1) is 13.1 Å². The summed E-state index contributed by atoms with van der Waals surface area (Å²) < 4.78 is 0. The Balaban J connectivity index is -0.0000000720. The average Bonchev–Trinajstić information content (AvgIpc) is 1.88. The molecule has 0 aromatic carbocycles. The predicted molar refractivity (Wildman–Crippen MR) is 35.1 cm³/mol. The van der Waals surface area contributed by atoms with Crippen LogP contribution in [0.1, 0.15) is 0 Å². The van der Waals surface area contributed by atoms with Crippen molar-refractivity contribution < 1.29 is 17.1 Å². The molecule has 61 valence electrons. The minimum absolute atomic E-state index is 0. The van der Waals surface area contributed by atoms with E-state index < -0.39 is 0 Å². The van der Waals surface area contributed by atoms with Crippen LogP contribution in [-0.4, -0.2) is 13.1 Å². The van der Waals surface area contributed by atoms with E-state index in [0.29, 0.717) is 13.1 Å². The van der Waals surface area contributed by atoms with Crippen LogP contribution in [0.25, 0.3) is 0 Å². The molecule has 0 spiro atoms. The van der Waals surface area contributed by atoms with E-state index in [9.17, 15) is 0 Å². The van der Waals surface area contributed by atoms with E-state index >= 15 is 0 Å². The summed E-state index contributed by atoms with van der Waals surface area (Å²) in [5, 5.41) is 0. The van der Waals surface area contributed by atoms with Gasteiger partial charge in [0.1, 0.15) is 0 Å². The molecule has 0 bridgehead atoms. The standard InChI is InChI=1S/2C2H7N2.Cu/c2*3-1-2-4;/h2*1H,2-4H2;/q2*-1;+2. The number of hydrogen-bond donors (Lipinski definition) is 4. The van der Waals surface area contributed by atoms with Gasteiger partial charge in [0.2, 0.25) is 0 Å². The van der Waals surface area contributed by atoms with Crippen LogP contribution in [0.15, 0.2) is 0 Å². The van der Waals surface area contributed by atoms with Gasteiger partial charge in [-0.3, -0.25) is 13.1 Å². The summed E-state index contributed by atoms with van der Waals surface area (Å²) in [7, 11) is 0. The van der Waals surface area contributed by atoms with Crippen molar-refractivity contribution >= 4 is 0 Å². The van der Waals surface area contributed by atoms with Gasteiger partial charge in [-0.1, -0.05) is 0 Å². The topological polar surface area (TPSA) is 104 Å². The van der Waals surface area contributed by atoms with E-state index in [0.717, 1.165) is 0 Å². The zero-order valence-corrected chi connectivity index (χ0v) is 6.12. The summed E-state index contributed by atoms with van der Waals surface area (Å²) in [4.78, 5) is 0. The van der Waals surface area contributed by atoms with E-state index in [1.165, 1.54) is 13.1 Å². The Morgan fingerprint density at radius 1 is 0.889 bits per heavy atom. The van der Waals surface area contributed by atoms with Gasteiger partial charge < -0.3 is 22.9 Å². The van der Waals surface area contributed by atoms with Gasteiger partial charge in [-0.25, -0.2) is 0 Å². The Bertz CT molecular complexity index is 20.5. The normalized spacial score (nSPS) is 6.67. The van der Waals surface area contributed by atoms with E-state index in [-0.39, 0.29) is 17.1 Å².